The highest BCUT2D eigenvalue weighted by molar-refractivity contribution is 9.10. The molecule has 6 nitrogen and oxygen atoms in total. The molecule has 23 heavy (non-hydrogen) atoms. The summed E-state index contributed by atoms with van der Waals surface area (Å²) < 4.78 is 16.2. The third kappa shape index (κ3) is 2.47. The van der Waals surface area contributed by atoms with Gasteiger partial charge in [-0.3, -0.25) is 0 Å². The summed E-state index contributed by atoms with van der Waals surface area (Å²) >= 11 is 3.40. The molecule has 1 aliphatic heterocycles. The molecule has 1 atom stereocenters. The number of benzene rings is 1. The van der Waals surface area contributed by atoms with Crippen molar-refractivity contribution < 1.29 is 13.9 Å². The van der Waals surface area contributed by atoms with Crippen LogP contribution in [0.5, 0.6) is 11.5 Å². The van der Waals surface area contributed by atoms with E-state index in [1.54, 1.807) is 25.3 Å². The van der Waals surface area contributed by atoms with Crippen molar-refractivity contribution in [2.45, 2.75) is 5.92 Å². The van der Waals surface area contributed by atoms with Crippen LogP contribution in [0.4, 0.5) is 0 Å². The molecule has 1 unspecified atom stereocenters. The fourth-order valence-corrected chi connectivity index (χ4v) is 3.09. The largest absolute Gasteiger partial charge is 0.496 e. The lowest BCUT2D eigenvalue weighted by atomic mass is 9.84. The minimum atomic E-state index is -0.664. The second-order valence-corrected chi connectivity index (χ2v) is 5.66. The maximum Gasteiger partial charge on any atom is 0.343 e. The molecule has 0 saturated heterocycles. The van der Waals surface area contributed by atoms with E-state index in [-0.39, 0.29) is 22.8 Å². The number of nitriles is 1. The van der Waals surface area contributed by atoms with Gasteiger partial charge in [0.1, 0.15) is 23.1 Å². The molecular weight excluding hydrogens is 364 g/mol. The summed E-state index contributed by atoms with van der Waals surface area (Å²) in [5.41, 5.74) is 6.37. The number of hydrogen-bond donors (Lipinski definition) is 1. The van der Waals surface area contributed by atoms with Gasteiger partial charge in [0.2, 0.25) is 5.88 Å². The van der Waals surface area contributed by atoms with E-state index in [1.807, 2.05) is 6.07 Å². The molecule has 2 heterocycles. The van der Waals surface area contributed by atoms with E-state index >= 15 is 0 Å². The lowest BCUT2D eigenvalue weighted by Crippen LogP contribution is -2.25. The molecule has 7 heteroatoms. The molecule has 2 aromatic rings. The van der Waals surface area contributed by atoms with Gasteiger partial charge in [0, 0.05) is 6.07 Å². The van der Waals surface area contributed by atoms with Gasteiger partial charge in [-0.1, -0.05) is 6.07 Å². The minimum absolute atomic E-state index is 0.0254. The fourth-order valence-electron chi connectivity index (χ4n) is 2.54. The van der Waals surface area contributed by atoms with Gasteiger partial charge in [-0.15, -0.1) is 0 Å². The maximum atomic E-state index is 12.2. The molecule has 0 spiro atoms. The van der Waals surface area contributed by atoms with Crippen molar-refractivity contribution in [1.82, 2.24) is 0 Å². The average Bonchev–Trinajstić information content (AvgIpc) is 2.53. The molecule has 2 N–H and O–H groups in total. The Balaban J connectivity index is 2.26. The zero-order valence-electron chi connectivity index (χ0n) is 12.0. The number of rotatable bonds is 2. The zero-order chi connectivity index (χ0) is 16.6. The summed E-state index contributed by atoms with van der Waals surface area (Å²) in [6.45, 7) is 0. The second kappa shape index (κ2) is 5.82. The van der Waals surface area contributed by atoms with Crippen LogP contribution < -0.4 is 20.8 Å². The highest BCUT2D eigenvalue weighted by Gasteiger charge is 2.34. The number of nitrogens with two attached hydrogens (primary N) is 1. The monoisotopic (exact) mass is 374 g/mol. The van der Waals surface area contributed by atoms with Gasteiger partial charge in [0.25, 0.3) is 0 Å². The van der Waals surface area contributed by atoms with Crippen molar-refractivity contribution in [3.8, 4) is 17.6 Å². The molecule has 0 radical (unpaired) electrons. The second-order valence-electron chi connectivity index (χ2n) is 4.80. The number of allylic oxidation sites excluding steroid dienone is 1. The van der Waals surface area contributed by atoms with Gasteiger partial charge in [-0.05, 0) is 33.6 Å². The van der Waals surface area contributed by atoms with Gasteiger partial charge in [-0.2, -0.15) is 5.26 Å². The predicted octanol–water partition coefficient (Wildman–Crippen LogP) is 2.63. The third-order valence-corrected chi connectivity index (χ3v) is 4.19. The molecule has 116 valence electrons. The van der Waals surface area contributed by atoms with Gasteiger partial charge >= 0.3 is 5.63 Å². The van der Waals surface area contributed by atoms with Crippen LogP contribution in [-0.4, -0.2) is 7.11 Å². The number of fused-ring (bicyclic) bond motifs is 1. The Hall–Kier alpha value is -2.72. The Labute approximate surface area is 139 Å². The van der Waals surface area contributed by atoms with Crippen LogP contribution in [0.25, 0.3) is 0 Å². The topological polar surface area (TPSA) is 98.5 Å². The van der Waals surface area contributed by atoms with Crippen LogP contribution in [-0.2, 0) is 0 Å². The van der Waals surface area contributed by atoms with Crippen molar-refractivity contribution in [2.75, 3.05) is 7.11 Å². The number of halogens is 1. The maximum absolute atomic E-state index is 12.2. The van der Waals surface area contributed by atoms with Gasteiger partial charge in [0.05, 0.1) is 29.3 Å². The van der Waals surface area contributed by atoms with Crippen LogP contribution in [0.2, 0.25) is 0 Å². The van der Waals surface area contributed by atoms with E-state index < -0.39 is 11.5 Å². The standard InChI is InChI=1S/C16H11BrN2O4/c1-21-11-3-2-8(6-10(11)17)13-9(7-18)15(19)23-12-4-5-22-16(20)14(12)13/h2-6,13H,19H2,1H3. The summed E-state index contributed by atoms with van der Waals surface area (Å²) in [4.78, 5) is 12.2. The fraction of sp³-hybridized carbons (Fsp3) is 0.125. The number of nitrogens with zero attached hydrogens (tertiary/aromatic N) is 1. The quantitative estimate of drug-likeness (QED) is 0.867. The first-order valence-corrected chi connectivity index (χ1v) is 7.38. The van der Waals surface area contributed by atoms with Crippen molar-refractivity contribution in [3.63, 3.8) is 0 Å². The Morgan fingerprint density at radius 3 is 2.83 bits per heavy atom. The van der Waals surface area contributed by atoms with Crippen molar-refractivity contribution in [3.05, 3.63) is 68.0 Å². The van der Waals surface area contributed by atoms with Crippen LogP contribution in [0, 0.1) is 11.3 Å². The SMILES string of the molecule is COc1ccc(C2C(C#N)=C(N)Oc3ccoc(=O)c32)cc1Br. The molecule has 0 saturated carbocycles. The molecular formula is C16H11BrN2O4. The Kier molecular flexibility index (Phi) is 3.84. The first kappa shape index (κ1) is 15.2. The molecule has 1 aromatic heterocycles. The summed E-state index contributed by atoms with van der Waals surface area (Å²) in [7, 11) is 1.55. The third-order valence-electron chi connectivity index (χ3n) is 3.57. The van der Waals surface area contributed by atoms with E-state index in [9.17, 15) is 10.1 Å². The number of ether oxygens (including phenoxy) is 2. The molecule has 0 amide bonds. The summed E-state index contributed by atoms with van der Waals surface area (Å²) in [5, 5.41) is 9.44. The van der Waals surface area contributed by atoms with Crippen molar-refractivity contribution in [2.24, 2.45) is 5.73 Å². The van der Waals surface area contributed by atoms with E-state index in [4.69, 9.17) is 19.6 Å². The van der Waals surface area contributed by atoms with E-state index in [0.29, 0.717) is 15.8 Å². The van der Waals surface area contributed by atoms with E-state index in [0.717, 1.165) is 0 Å². The molecule has 3 rings (SSSR count). The molecule has 1 aromatic carbocycles. The van der Waals surface area contributed by atoms with Crippen molar-refractivity contribution in [1.29, 1.82) is 5.26 Å². The summed E-state index contributed by atoms with van der Waals surface area (Å²) in [6.07, 6.45) is 1.23. The lowest BCUT2D eigenvalue weighted by molar-refractivity contribution is 0.376. The predicted molar refractivity (Wildman–Crippen MR) is 85.0 cm³/mol. The van der Waals surface area contributed by atoms with Gasteiger partial charge in [0.15, 0.2) is 0 Å². The van der Waals surface area contributed by atoms with Gasteiger partial charge in [-0.25, -0.2) is 4.79 Å². The van der Waals surface area contributed by atoms with Crippen LogP contribution in [0.1, 0.15) is 17.0 Å². The molecule has 0 aliphatic carbocycles. The van der Waals surface area contributed by atoms with Crippen molar-refractivity contribution >= 4 is 15.9 Å². The van der Waals surface area contributed by atoms with E-state index in [2.05, 4.69) is 15.9 Å². The summed E-state index contributed by atoms with van der Waals surface area (Å²) in [6, 6.07) is 8.80. The summed E-state index contributed by atoms with van der Waals surface area (Å²) in [5.74, 6) is 0.234. The minimum Gasteiger partial charge on any atom is -0.496 e. The van der Waals surface area contributed by atoms with Crippen LogP contribution in [0.15, 0.2) is 55.7 Å². The van der Waals surface area contributed by atoms with Crippen LogP contribution in [0.3, 0.4) is 0 Å². The molecule has 0 bridgehead atoms. The normalized spacial score (nSPS) is 16.3. The number of methoxy groups -OCH3 is 1. The smallest absolute Gasteiger partial charge is 0.343 e. The Morgan fingerprint density at radius 1 is 1.39 bits per heavy atom. The zero-order valence-corrected chi connectivity index (χ0v) is 13.6. The Bertz CT molecular complexity index is 911. The number of hydrogen-bond acceptors (Lipinski definition) is 6. The first-order valence-electron chi connectivity index (χ1n) is 6.59. The highest BCUT2D eigenvalue weighted by Crippen LogP contribution is 2.41. The molecule has 0 fully saturated rings. The lowest BCUT2D eigenvalue weighted by Gasteiger charge is -2.25. The Morgan fingerprint density at radius 2 is 2.17 bits per heavy atom. The van der Waals surface area contributed by atoms with E-state index in [1.165, 1.54) is 12.3 Å². The highest BCUT2D eigenvalue weighted by atomic mass is 79.9. The molecule has 1 aliphatic rings. The van der Waals surface area contributed by atoms with Crippen LogP contribution >= 0.6 is 15.9 Å². The average molecular weight is 375 g/mol. The first-order chi connectivity index (χ1) is 11.1. The van der Waals surface area contributed by atoms with Gasteiger partial charge < -0.3 is 19.6 Å².